The van der Waals surface area contributed by atoms with Gasteiger partial charge in [-0.3, -0.25) is 38.7 Å². The molecule has 0 saturated carbocycles. The van der Waals surface area contributed by atoms with E-state index in [9.17, 15) is 24.0 Å². The number of carbonyl (C=O) groups is 5. The van der Waals surface area contributed by atoms with Gasteiger partial charge < -0.3 is 28.4 Å². The number of ether oxygens (including phenoxy) is 6. The van der Waals surface area contributed by atoms with Crippen LogP contribution in [0.25, 0.3) is 0 Å². The number of benzene rings is 1. The molecule has 0 spiro atoms. The second-order valence-corrected chi connectivity index (χ2v) is 17.1. The van der Waals surface area contributed by atoms with E-state index in [-0.39, 0.29) is 72.2 Å². The second kappa shape index (κ2) is 22.1. The fourth-order valence-electron chi connectivity index (χ4n) is 4.98. The molecule has 308 valence electrons. The Balaban J connectivity index is 3.43. The van der Waals surface area contributed by atoms with Crippen LogP contribution in [0.4, 0.5) is 0 Å². The summed E-state index contributed by atoms with van der Waals surface area (Å²) in [6, 6.07) is 8.47. The molecule has 1 aromatic carbocycles. The van der Waals surface area contributed by atoms with Crippen LogP contribution in [0.2, 0.25) is 0 Å². The Hall–Kier alpha value is -3.59. The van der Waals surface area contributed by atoms with E-state index in [1.165, 1.54) is 0 Å². The van der Waals surface area contributed by atoms with Gasteiger partial charge in [0.1, 0.15) is 28.4 Å². The first-order valence-electron chi connectivity index (χ1n) is 18.6. The van der Waals surface area contributed by atoms with Crippen LogP contribution in [0, 0.1) is 0 Å². The molecule has 1 unspecified atom stereocenters. The number of esters is 5. The Morgan fingerprint density at radius 1 is 0.556 bits per heavy atom. The number of hydrogen-bond acceptors (Lipinski definition) is 14. The normalized spacial score (nSPS) is 13.1. The molecular formula is C40H67N3O11. The molecule has 1 aromatic rings. The molecule has 14 nitrogen and oxygen atoms in total. The van der Waals surface area contributed by atoms with E-state index in [1.807, 2.05) is 30.3 Å². The first-order valence-corrected chi connectivity index (χ1v) is 18.6. The standard InChI is InChI=1S/C40H67N3O11/c1-14-50-32(44)24-41(20-21-42(25-33(45)51-37(2,3)4)26-34(46)52-38(5,6)7)22-23-43(27-35(47)53-39(8,9)10)31(36(48)54-40(11,12)13)29-49-28-30-18-16-15-17-19-30/h15-19,31H,14,20-29H2,1-13H3. The summed E-state index contributed by atoms with van der Waals surface area (Å²) < 4.78 is 33.8. The Bertz CT molecular complexity index is 1300. The summed E-state index contributed by atoms with van der Waals surface area (Å²) in [5.74, 6) is -2.68. The Kier molecular flexibility index (Phi) is 19.8. The highest BCUT2D eigenvalue weighted by atomic mass is 16.6. The summed E-state index contributed by atoms with van der Waals surface area (Å²) in [5, 5.41) is 0. The van der Waals surface area contributed by atoms with Gasteiger partial charge in [-0.2, -0.15) is 0 Å². The highest BCUT2D eigenvalue weighted by Gasteiger charge is 2.34. The summed E-state index contributed by atoms with van der Waals surface area (Å²) in [6.45, 7) is 22.9. The van der Waals surface area contributed by atoms with E-state index in [1.54, 1.807) is 105 Å². The molecular weight excluding hydrogens is 698 g/mol. The van der Waals surface area contributed by atoms with E-state index in [0.717, 1.165) is 5.56 Å². The first-order chi connectivity index (χ1) is 24.7. The lowest BCUT2D eigenvalue weighted by molar-refractivity contribution is -0.168. The molecule has 0 heterocycles. The summed E-state index contributed by atoms with van der Waals surface area (Å²) in [4.78, 5) is 70.6. The Morgan fingerprint density at radius 2 is 0.981 bits per heavy atom. The molecule has 0 amide bonds. The SMILES string of the molecule is CCOC(=O)CN(CCN(CC(=O)OC(C)(C)C)CC(=O)OC(C)(C)C)CCN(CC(=O)OC(C)(C)C)C(COCc1ccccc1)C(=O)OC(C)(C)C. The average Bonchev–Trinajstić information content (AvgIpc) is 2.96. The van der Waals surface area contributed by atoms with Gasteiger partial charge in [-0.1, -0.05) is 30.3 Å². The van der Waals surface area contributed by atoms with Crippen LogP contribution in [0.1, 0.15) is 95.6 Å². The lowest BCUT2D eigenvalue weighted by Crippen LogP contribution is -2.52. The smallest absolute Gasteiger partial charge is 0.326 e. The van der Waals surface area contributed by atoms with Gasteiger partial charge in [0.15, 0.2) is 0 Å². The highest BCUT2D eigenvalue weighted by Crippen LogP contribution is 2.16. The zero-order chi connectivity index (χ0) is 41.3. The molecule has 0 aliphatic heterocycles. The van der Waals surface area contributed by atoms with Gasteiger partial charge in [0.25, 0.3) is 0 Å². The van der Waals surface area contributed by atoms with Crippen molar-refractivity contribution in [1.29, 1.82) is 0 Å². The fourth-order valence-corrected chi connectivity index (χ4v) is 4.98. The van der Waals surface area contributed by atoms with Gasteiger partial charge in [-0.15, -0.1) is 0 Å². The van der Waals surface area contributed by atoms with Crippen LogP contribution >= 0.6 is 0 Å². The number of rotatable bonds is 21. The van der Waals surface area contributed by atoms with Gasteiger partial charge in [0.05, 0.1) is 46.0 Å². The Labute approximate surface area is 323 Å². The molecule has 1 rings (SSSR count). The zero-order valence-electron chi connectivity index (χ0n) is 35.1. The number of nitrogens with zero attached hydrogens (tertiary/aromatic N) is 3. The van der Waals surface area contributed by atoms with E-state index >= 15 is 0 Å². The predicted molar refractivity (Wildman–Crippen MR) is 204 cm³/mol. The number of carbonyl (C=O) groups excluding carboxylic acids is 5. The van der Waals surface area contributed by atoms with Gasteiger partial charge in [0, 0.05) is 26.2 Å². The van der Waals surface area contributed by atoms with Crippen LogP contribution in [0.5, 0.6) is 0 Å². The topological polar surface area (TPSA) is 150 Å². The fraction of sp³-hybridized carbons (Fsp3) is 0.725. The molecule has 14 heteroatoms. The van der Waals surface area contributed by atoms with Crippen LogP contribution in [-0.2, 0) is 59.0 Å². The van der Waals surface area contributed by atoms with E-state index < -0.39 is 58.3 Å². The van der Waals surface area contributed by atoms with Crippen LogP contribution in [0.3, 0.4) is 0 Å². The minimum Gasteiger partial charge on any atom is -0.465 e. The van der Waals surface area contributed by atoms with Crippen molar-refractivity contribution < 1.29 is 52.4 Å². The van der Waals surface area contributed by atoms with Crippen molar-refractivity contribution in [2.45, 2.75) is 125 Å². The molecule has 0 bridgehead atoms. The van der Waals surface area contributed by atoms with E-state index in [4.69, 9.17) is 28.4 Å². The summed E-state index contributed by atoms with van der Waals surface area (Å²) in [5.41, 5.74) is -2.18. The summed E-state index contributed by atoms with van der Waals surface area (Å²) in [6.07, 6.45) is 0. The van der Waals surface area contributed by atoms with Crippen LogP contribution in [-0.4, -0.2) is 139 Å². The van der Waals surface area contributed by atoms with E-state index in [0.29, 0.717) is 0 Å². The molecule has 0 N–H and O–H groups in total. The van der Waals surface area contributed by atoms with Crippen molar-refractivity contribution in [2.24, 2.45) is 0 Å². The average molecular weight is 766 g/mol. The van der Waals surface area contributed by atoms with Gasteiger partial charge >= 0.3 is 29.8 Å². The maximum absolute atomic E-state index is 13.8. The van der Waals surface area contributed by atoms with Crippen molar-refractivity contribution in [3.05, 3.63) is 35.9 Å². The summed E-state index contributed by atoms with van der Waals surface area (Å²) >= 11 is 0. The van der Waals surface area contributed by atoms with Crippen molar-refractivity contribution in [2.75, 3.05) is 65.6 Å². The molecule has 0 fully saturated rings. The van der Waals surface area contributed by atoms with Crippen molar-refractivity contribution >= 4 is 29.8 Å². The molecule has 54 heavy (non-hydrogen) atoms. The second-order valence-electron chi connectivity index (χ2n) is 17.1. The minimum atomic E-state index is -1.01. The van der Waals surface area contributed by atoms with Gasteiger partial charge in [-0.25, -0.2) is 0 Å². The molecule has 1 atom stereocenters. The molecule has 0 aliphatic carbocycles. The maximum atomic E-state index is 13.8. The van der Waals surface area contributed by atoms with Crippen molar-refractivity contribution in [3.63, 3.8) is 0 Å². The lowest BCUT2D eigenvalue weighted by atomic mass is 10.1. The molecule has 0 saturated heterocycles. The van der Waals surface area contributed by atoms with Gasteiger partial charge in [0.2, 0.25) is 0 Å². The third-order valence-corrected chi connectivity index (χ3v) is 6.90. The third kappa shape index (κ3) is 23.9. The Morgan fingerprint density at radius 3 is 1.44 bits per heavy atom. The predicted octanol–water partition coefficient (Wildman–Crippen LogP) is 4.41. The third-order valence-electron chi connectivity index (χ3n) is 6.90. The summed E-state index contributed by atoms with van der Waals surface area (Å²) in [7, 11) is 0. The van der Waals surface area contributed by atoms with Crippen molar-refractivity contribution in [3.8, 4) is 0 Å². The molecule has 0 aromatic heterocycles. The first kappa shape index (κ1) is 48.4. The zero-order valence-corrected chi connectivity index (χ0v) is 35.1. The largest absolute Gasteiger partial charge is 0.465 e. The van der Waals surface area contributed by atoms with Crippen LogP contribution in [0.15, 0.2) is 30.3 Å². The molecule has 0 aliphatic rings. The molecule has 0 radical (unpaired) electrons. The monoisotopic (exact) mass is 765 g/mol. The van der Waals surface area contributed by atoms with E-state index in [2.05, 4.69) is 0 Å². The van der Waals surface area contributed by atoms with Crippen molar-refractivity contribution in [1.82, 2.24) is 14.7 Å². The maximum Gasteiger partial charge on any atom is 0.326 e. The highest BCUT2D eigenvalue weighted by molar-refractivity contribution is 5.78. The lowest BCUT2D eigenvalue weighted by Gasteiger charge is -2.34. The van der Waals surface area contributed by atoms with Gasteiger partial charge in [-0.05, 0) is 95.6 Å². The minimum absolute atomic E-state index is 0.0932. The van der Waals surface area contributed by atoms with Crippen LogP contribution < -0.4 is 0 Å². The number of hydrogen-bond donors (Lipinski definition) is 0. The quantitative estimate of drug-likeness (QED) is 0.128.